The number of Topliss-reactive ketones (excluding diaryl/α,β-unsaturated/α-hetero) is 1. The third-order valence-corrected chi connectivity index (χ3v) is 3.00. The molecule has 0 spiro atoms. The molecule has 1 aromatic carbocycles. The number of carbonyl (C=O) groups excluding carboxylic acids is 2. The van der Waals surface area contributed by atoms with Crippen LogP contribution in [0.1, 0.15) is 57.0 Å². The van der Waals surface area contributed by atoms with Gasteiger partial charge in [0, 0.05) is 5.56 Å². The van der Waals surface area contributed by atoms with Crippen molar-refractivity contribution in [2.75, 3.05) is 0 Å². The van der Waals surface area contributed by atoms with Gasteiger partial charge in [-0.2, -0.15) is 0 Å². The van der Waals surface area contributed by atoms with Crippen LogP contribution in [0.4, 0.5) is 4.79 Å². The van der Waals surface area contributed by atoms with Crippen molar-refractivity contribution in [3.05, 3.63) is 42.3 Å². The van der Waals surface area contributed by atoms with E-state index < -0.39 is 17.7 Å². The molecule has 1 N–H and O–H groups in total. The monoisotopic (exact) mass is 304 g/mol. The van der Waals surface area contributed by atoms with E-state index in [0.29, 0.717) is 17.5 Å². The van der Waals surface area contributed by atoms with Gasteiger partial charge >= 0.3 is 6.09 Å². The molecule has 0 fully saturated rings. The van der Waals surface area contributed by atoms with Crippen LogP contribution in [0.3, 0.4) is 0 Å². The normalized spacial score (nSPS) is 12.9. The Kier molecular flexibility index (Phi) is 6.15. The van der Waals surface area contributed by atoms with Gasteiger partial charge in [-0.1, -0.05) is 38.1 Å². The van der Waals surface area contributed by atoms with E-state index in [4.69, 9.17) is 4.74 Å². The molecule has 0 heterocycles. The average Bonchev–Trinajstić information content (AvgIpc) is 2.35. The Morgan fingerprint density at radius 1 is 1.23 bits per heavy atom. The summed E-state index contributed by atoms with van der Waals surface area (Å²) in [5.41, 5.74) is 0.594. The van der Waals surface area contributed by atoms with Gasteiger partial charge in [-0.25, -0.2) is 4.79 Å². The zero-order valence-electron chi connectivity index (χ0n) is 14.1. The van der Waals surface area contributed by atoms with E-state index in [2.05, 4.69) is 12.2 Å². The lowest BCUT2D eigenvalue weighted by molar-refractivity contribution is 0.0485. The third kappa shape index (κ3) is 5.88. The highest BCUT2D eigenvalue weighted by Crippen LogP contribution is 2.16. The fraction of sp³-hybridized carbons (Fsp3) is 0.500. The Morgan fingerprint density at radius 3 is 2.32 bits per heavy atom. The van der Waals surface area contributed by atoms with Crippen LogP contribution in [0.15, 0.2) is 24.3 Å². The van der Waals surface area contributed by atoms with Crippen molar-refractivity contribution < 1.29 is 14.3 Å². The molecule has 0 bridgehead atoms. The summed E-state index contributed by atoms with van der Waals surface area (Å²) < 4.78 is 5.25. The molecule has 0 aromatic heterocycles. The van der Waals surface area contributed by atoms with Crippen molar-refractivity contribution in [3.63, 3.8) is 0 Å². The Morgan fingerprint density at radius 2 is 1.82 bits per heavy atom. The number of alkyl carbamates (subject to hydrolysis) is 1. The van der Waals surface area contributed by atoms with Gasteiger partial charge in [-0.15, -0.1) is 0 Å². The van der Waals surface area contributed by atoms with Gasteiger partial charge in [-0.3, -0.25) is 4.79 Å². The minimum atomic E-state index is -0.613. The Bertz CT molecular complexity index is 529. The van der Waals surface area contributed by atoms with Crippen LogP contribution in [0.2, 0.25) is 0 Å². The number of rotatable bonds is 5. The first kappa shape index (κ1) is 18.2. The van der Waals surface area contributed by atoms with E-state index in [0.717, 1.165) is 0 Å². The van der Waals surface area contributed by atoms with E-state index in [1.54, 1.807) is 39.0 Å². The van der Waals surface area contributed by atoms with Crippen molar-refractivity contribution in [2.24, 2.45) is 5.92 Å². The van der Waals surface area contributed by atoms with Crippen molar-refractivity contribution in [1.29, 1.82) is 0 Å². The quantitative estimate of drug-likeness (QED) is 0.837. The van der Waals surface area contributed by atoms with E-state index in [1.165, 1.54) is 0 Å². The fourth-order valence-electron chi connectivity index (χ4n) is 2.10. The lowest BCUT2D eigenvalue weighted by Gasteiger charge is -2.24. The molecule has 1 radical (unpaired) electrons. The summed E-state index contributed by atoms with van der Waals surface area (Å²) in [5.74, 6) is 0.131. The zero-order valence-corrected chi connectivity index (χ0v) is 14.1. The molecular formula is C18H26NO3. The zero-order chi connectivity index (χ0) is 16.9. The average molecular weight is 304 g/mol. The second-order valence-corrected chi connectivity index (χ2v) is 6.85. The van der Waals surface area contributed by atoms with Crippen LogP contribution < -0.4 is 5.32 Å². The molecule has 0 unspecified atom stereocenters. The van der Waals surface area contributed by atoms with Crippen LogP contribution in [0.5, 0.6) is 0 Å². The van der Waals surface area contributed by atoms with Crippen LogP contribution in [0.25, 0.3) is 0 Å². The summed E-state index contributed by atoms with van der Waals surface area (Å²) >= 11 is 0. The number of hydrogen-bond donors (Lipinski definition) is 1. The maximum atomic E-state index is 12.7. The molecule has 22 heavy (non-hydrogen) atoms. The first-order chi connectivity index (χ1) is 10.1. The van der Waals surface area contributed by atoms with E-state index in [9.17, 15) is 9.59 Å². The van der Waals surface area contributed by atoms with E-state index in [-0.39, 0.29) is 11.7 Å². The largest absolute Gasteiger partial charge is 0.444 e. The van der Waals surface area contributed by atoms with Gasteiger partial charge in [0.25, 0.3) is 0 Å². The number of amides is 1. The molecule has 1 rings (SSSR count). The number of nitrogens with one attached hydrogen (secondary N) is 1. The maximum absolute atomic E-state index is 12.7. The molecule has 0 saturated heterocycles. The SMILES string of the molecule is [CH2]c1ccccc1C(=O)[C@H](CC(C)C)NC(=O)OC(C)(C)C. The van der Waals surface area contributed by atoms with Crippen LogP contribution in [0, 0.1) is 12.8 Å². The highest BCUT2D eigenvalue weighted by atomic mass is 16.6. The predicted octanol–water partition coefficient (Wildman–Crippen LogP) is 3.99. The number of carbonyl (C=O) groups is 2. The number of hydrogen-bond acceptors (Lipinski definition) is 3. The van der Waals surface area contributed by atoms with Gasteiger partial charge in [0.15, 0.2) is 5.78 Å². The molecule has 121 valence electrons. The Balaban J connectivity index is 2.91. The first-order valence-corrected chi connectivity index (χ1v) is 7.55. The molecule has 1 atom stereocenters. The van der Waals surface area contributed by atoms with E-state index >= 15 is 0 Å². The highest BCUT2D eigenvalue weighted by Gasteiger charge is 2.26. The van der Waals surface area contributed by atoms with Crippen LogP contribution in [-0.2, 0) is 4.74 Å². The molecule has 0 aliphatic rings. The summed E-state index contributed by atoms with van der Waals surface area (Å²) in [7, 11) is 0. The smallest absolute Gasteiger partial charge is 0.408 e. The van der Waals surface area contributed by atoms with Gasteiger partial charge in [0.05, 0.1) is 6.04 Å². The molecule has 0 aliphatic carbocycles. The van der Waals surface area contributed by atoms with Gasteiger partial charge in [-0.05, 0) is 45.6 Å². The van der Waals surface area contributed by atoms with Gasteiger partial charge in [0.2, 0.25) is 0 Å². The van der Waals surface area contributed by atoms with E-state index in [1.807, 2.05) is 19.9 Å². The van der Waals surface area contributed by atoms with Crippen molar-refractivity contribution in [2.45, 2.75) is 52.7 Å². The molecular weight excluding hydrogens is 278 g/mol. The van der Waals surface area contributed by atoms with Crippen LogP contribution >= 0.6 is 0 Å². The number of benzene rings is 1. The molecule has 0 aliphatic heterocycles. The number of ketones is 1. The van der Waals surface area contributed by atoms with Gasteiger partial charge in [0.1, 0.15) is 5.60 Å². The molecule has 0 saturated carbocycles. The second-order valence-electron chi connectivity index (χ2n) is 6.85. The minimum absolute atomic E-state index is 0.134. The lowest BCUT2D eigenvalue weighted by atomic mass is 9.94. The summed E-state index contributed by atoms with van der Waals surface area (Å²) in [6.45, 7) is 13.3. The lowest BCUT2D eigenvalue weighted by Crippen LogP contribution is -2.44. The molecule has 4 nitrogen and oxygen atoms in total. The Labute approximate surface area is 133 Å². The summed E-state index contributed by atoms with van der Waals surface area (Å²) in [6.07, 6.45) is -0.0279. The topological polar surface area (TPSA) is 55.4 Å². The molecule has 1 aromatic rings. The van der Waals surface area contributed by atoms with Crippen molar-refractivity contribution >= 4 is 11.9 Å². The van der Waals surface area contributed by atoms with Crippen LogP contribution in [-0.4, -0.2) is 23.5 Å². The first-order valence-electron chi connectivity index (χ1n) is 7.55. The van der Waals surface area contributed by atoms with Crippen molar-refractivity contribution in [3.8, 4) is 0 Å². The fourth-order valence-corrected chi connectivity index (χ4v) is 2.10. The minimum Gasteiger partial charge on any atom is -0.444 e. The third-order valence-electron chi connectivity index (χ3n) is 3.00. The maximum Gasteiger partial charge on any atom is 0.408 e. The summed E-state index contributed by atoms with van der Waals surface area (Å²) in [5, 5.41) is 2.69. The standard InChI is InChI=1S/C18H26NO3/c1-12(2)11-15(19-17(21)22-18(4,5)6)16(20)14-10-8-7-9-13(14)3/h7-10,12,15H,3,11H2,1-2,4-6H3,(H,19,21)/t15-/m0/s1. The Hall–Kier alpha value is -1.84. The predicted molar refractivity (Wildman–Crippen MR) is 87.8 cm³/mol. The number of ether oxygens (including phenoxy) is 1. The highest BCUT2D eigenvalue weighted by molar-refractivity contribution is 6.02. The second kappa shape index (κ2) is 7.43. The summed E-state index contributed by atoms with van der Waals surface area (Å²) in [6, 6.07) is 6.53. The van der Waals surface area contributed by atoms with Gasteiger partial charge < -0.3 is 10.1 Å². The molecule has 4 heteroatoms. The van der Waals surface area contributed by atoms with Crippen molar-refractivity contribution in [1.82, 2.24) is 5.32 Å². The summed E-state index contributed by atoms with van der Waals surface area (Å²) in [4.78, 5) is 24.7. The molecule has 1 amide bonds.